The average Bonchev–Trinajstić information content (AvgIpc) is 3.48. The Morgan fingerprint density at radius 3 is 2.77 bits per heavy atom. The lowest BCUT2D eigenvalue weighted by Gasteiger charge is -2.36. The van der Waals surface area contributed by atoms with Crippen LogP contribution >= 0.6 is 23.1 Å². The van der Waals surface area contributed by atoms with Crippen molar-refractivity contribution in [2.75, 3.05) is 19.6 Å². The molecule has 2 aromatic heterocycles. The highest BCUT2D eigenvalue weighted by atomic mass is 32.2. The fourth-order valence-electron chi connectivity index (χ4n) is 3.69. The predicted octanol–water partition coefficient (Wildman–Crippen LogP) is 4.36. The first-order chi connectivity index (χ1) is 14.7. The summed E-state index contributed by atoms with van der Waals surface area (Å²) in [5.41, 5.74) is 1.84. The number of likely N-dealkylation sites (tertiary alicyclic amines) is 1. The third-order valence-corrected chi connectivity index (χ3v) is 7.49. The molecule has 2 N–H and O–H groups in total. The highest BCUT2D eigenvalue weighted by molar-refractivity contribution is 7.98. The molecule has 4 rings (SSSR count). The summed E-state index contributed by atoms with van der Waals surface area (Å²) in [6.07, 6.45) is 3.95. The zero-order valence-electron chi connectivity index (χ0n) is 17.1. The van der Waals surface area contributed by atoms with Crippen molar-refractivity contribution in [3.05, 3.63) is 64.1 Å². The number of nitrogens with one attached hydrogen (secondary N) is 2. The summed E-state index contributed by atoms with van der Waals surface area (Å²) in [5.74, 6) is 1.56. The van der Waals surface area contributed by atoms with Crippen LogP contribution in [0, 0.1) is 5.92 Å². The van der Waals surface area contributed by atoms with Crippen LogP contribution in [0.1, 0.15) is 46.6 Å². The van der Waals surface area contributed by atoms with E-state index in [1.165, 1.54) is 24.0 Å². The maximum atomic E-state index is 12.8. The quantitative estimate of drug-likeness (QED) is 0.508. The molecule has 6 nitrogen and oxygen atoms in total. The van der Waals surface area contributed by atoms with E-state index in [2.05, 4.69) is 49.8 Å². The van der Waals surface area contributed by atoms with Crippen molar-refractivity contribution in [2.45, 2.75) is 36.7 Å². The Morgan fingerprint density at radius 2 is 2.10 bits per heavy atom. The van der Waals surface area contributed by atoms with E-state index in [9.17, 15) is 4.79 Å². The van der Waals surface area contributed by atoms with Crippen molar-refractivity contribution in [1.29, 1.82) is 0 Å². The number of aromatic amines is 1. The first-order valence-electron chi connectivity index (χ1n) is 10.3. The fourth-order valence-corrected chi connectivity index (χ4v) is 5.29. The van der Waals surface area contributed by atoms with Crippen molar-refractivity contribution in [1.82, 2.24) is 25.4 Å². The van der Waals surface area contributed by atoms with Crippen molar-refractivity contribution in [3.63, 3.8) is 0 Å². The van der Waals surface area contributed by atoms with Crippen LogP contribution in [0.25, 0.3) is 0 Å². The molecular weight excluding hydrogens is 414 g/mol. The molecule has 1 unspecified atom stereocenters. The largest absolute Gasteiger partial charge is 0.350 e. The maximum absolute atomic E-state index is 12.8. The Kier molecular flexibility index (Phi) is 7.20. The molecule has 3 aromatic rings. The van der Waals surface area contributed by atoms with Crippen LogP contribution in [0.4, 0.5) is 0 Å². The van der Waals surface area contributed by atoms with Gasteiger partial charge in [0.1, 0.15) is 6.33 Å². The van der Waals surface area contributed by atoms with Crippen LogP contribution in [0.15, 0.2) is 53.3 Å². The molecule has 0 bridgehead atoms. The third kappa shape index (κ3) is 5.50. The van der Waals surface area contributed by atoms with E-state index in [1.807, 2.05) is 24.3 Å². The second-order valence-electron chi connectivity index (χ2n) is 7.74. The molecule has 0 spiro atoms. The van der Waals surface area contributed by atoms with Crippen molar-refractivity contribution in [2.24, 2.45) is 5.92 Å². The van der Waals surface area contributed by atoms with Crippen LogP contribution in [0.2, 0.25) is 0 Å². The number of piperidine rings is 1. The highest BCUT2D eigenvalue weighted by Gasteiger charge is 2.25. The van der Waals surface area contributed by atoms with Crippen molar-refractivity contribution in [3.8, 4) is 0 Å². The number of amides is 1. The van der Waals surface area contributed by atoms with Gasteiger partial charge in [0.2, 0.25) is 0 Å². The maximum Gasteiger partial charge on any atom is 0.251 e. The topological polar surface area (TPSA) is 73.9 Å². The highest BCUT2D eigenvalue weighted by Crippen LogP contribution is 2.29. The first-order valence-corrected chi connectivity index (χ1v) is 12.2. The molecule has 1 amide bonds. The Balaban J connectivity index is 1.33. The lowest BCUT2D eigenvalue weighted by atomic mass is 9.97. The molecule has 0 saturated carbocycles. The van der Waals surface area contributed by atoms with Gasteiger partial charge in [-0.05, 0) is 61.0 Å². The number of rotatable bonds is 8. The molecule has 1 aromatic carbocycles. The number of hydrogen-bond donors (Lipinski definition) is 2. The van der Waals surface area contributed by atoms with Crippen molar-refractivity contribution < 1.29 is 4.79 Å². The van der Waals surface area contributed by atoms with E-state index in [-0.39, 0.29) is 11.9 Å². The average molecular weight is 442 g/mol. The molecule has 0 aliphatic carbocycles. The molecule has 3 heterocycles. The zero-order chi connectivity index (χ0) is 20.8. The Morgan fingerprint density at radius 1 is 1.30 bits per heavy atom. The predicted molar refractivity (Wildman–Crippen MR) is 122 cm³/mol. The number of H-pyrrole nitrogens is 1. The van der Waals surface area contributed by atoms with Crippen LogP contribution in [0.5, 0.6) is 0 Å². The molecule has 1 aliphatic rings. The lowest BCUT2D eigenvalue weighted by molar-refractivity contribution is 0.0915. The molecular formula is C22H27N5OS2. The van der Waals surface area contributed by atoms with Crippen LogP contribution < -0.4 is 5.32 Å². The Hall–Kier alpha value is -2.16. The number of thioether (sulfide) groups is 1. The van der Waals surface area contributed by atoms with Gasteiger partial charge in [0.05, 0.1) is 6.04 Å². The van der Waals surface area contributed by atoms with E-state index >= 15 is 0 Å². The monoisotopic (exact) mass is 441 g/mol. The molecule has 1 saturated heterocycles. The normalized spacial score (nSPS) is 16.4. The third-order valence-electron chi connectivity index (χ3n) is 5.57. The van der Waals surface area contributed by atoms with Gasteiger partial charge < -0.3 is 5.32 Å². The molecule has 158 valence electrons. The number of benzene rings is 1. The Bertz CT molecular complexity index is 904. The van der Waals surface area contributed by atoms with Crippen LogP contribution in [0.3, 0.4) is 0 Å². The summed E-state index contributed by atoms with van der Waals surface area (Å²) in [6.45, 7) is 5.15. The van der Waals surface area contributed by atoms with E-state index in [4.69, 9.17) is 0 Å². The molecule has 8 heteroatoms. The van der Waals surface area contributed by atoms with E-state index in [1.54, 1.807) is 23.1 Å². The van der Waals surface area contributed by atoms with Gasteiger partial charge in [0.15, 0.2) is 5.16 Å². The molecule has 0 radical (unpaired) electrons. The number of hydrogen-bond acceptors (Lipinski definition) is 6. The van der Waals surface area contributed by atoms with Gasteiger partial charge in [0, 0.05) is 22.7 Å². The van der Waals surface area contributed by atoms with Gasteiger partial charge in [-0.2, -0.15) is 5.10 Å². The van der Waals surface area contributed by atoms with E-state index in [0.717, 1.165) is 35.5 Å². The number of carbonyl (C=O) groups is 1. The minimum absolute atomic E-state index is 0.0172. The lowest BCUT2D eigenvalue weighted by Crippen LogP contribution is -2.41. The fraction of sp³-hybridized carbons (Fsp3) is 0.409. The van der Waals surface area contributed by atoms with Gasteiger partial charge >= 0.3 is 0 Å². The van der Waals surface area contributed by atoms with Gasteiger partial charge in [0.25, 0.3) is 5.91 Å². The number of carbonyl (C=O) groups excluding carboxylic acids is 1. The minimum Gasteiger partial charge on any atom is -0.350 e. The van der Waals surface area contributed by atoms with Crippen LogP contribution in [-0.4, -0.2) is 45.6 Å². The summed E-state index contributed by atoms with van der Waals surface area (Å²) in [4.78, 5) is 20.7. The smallest absolute Gasteiger partial charge is 0.251 e. The molecule has 1 fully saturated rings. The summed E-state index contributed by atoms with van der Waals surface area (Å²) in [7, 11) is 0. The Labute approximate surface area is 185 Å². The zero-order valence-corrected chi connectivity index (χ0v) is 18.7. The summed E-state index contributed by atoms with van der Waals surface area (Å²) < 4.78 is 0. The van der Waals surface area contributed by atoms with Gasteiger partial charge in [-0.25, -0.2) is 4.98 Å². The minimum atomic E-state index is -0.0172. The van der Waals surface area contributed by atoms with Gasteiger partial charge in [-0.15, -0.1) is 11.3 Å². The van der Waals surface area contributed by atoms with Crippen LogP contribution in [-0.2, 0) is 5.75 Å². The number of nitrogens with zero attached hydrogens (tertiary/aromatic N) is 3. The molecule has 1 atom stereocenters. The second kappa shape index (κ2) is 10.2. The SMILES string of the molecule is CC1CCN(C(CNC(=O)c2ccc(CSc3ncn[nH]3)cc2)c2cccs2)CC1. The second-order valence-corrected chi connectivity index (χ2v) is 9.68. The number of aromatic nitrogens is 3. The summed E-state index contributed by atoms with van der Waals surface area (Å²) in [6, 6.07) is 12.3. The standard InChI is InChI=1S/C22H27N5OS2/c1-16-8-10-27(11-9-16)19(20-3-2-12-29-20)13-23-21(28)18-6-4-17(5-7-18)14-30-22-24-15-25-26-22/h2-7,12,15-16,19H,8-11,13-14H2,1H3,(H,23,28)(H,24,25,26). The molecule has 1 aliphatic heterocycles. The van der Waals surface area contributed by atoms with Gasteiger partial charge in [-0.3, -0.25) is 14.8 Å². The number of thiophene rings is 1. The summed E-state index contributed by atoms with van der Waals surface area (Å²) in [5, 5.41) is 12.8. The van der Waals surface area contributed by atoms with Crippen molar-refractivity contribution >= 4 is 29.0 Å². The van der Waals surface area contributed by atoms with Gasteiger partial charge in [-0.1, -0.05) is 36.9 Å². The first kappa shape index (κ1) is 21.1. The van der Waals surface area contributed by atoms with E-state index < -0.39 is 0 Å². The van der Waals surface area contributed by atoms with E-state index in [0.29, 0.717) is 12.1 Å². The molecule has 30 heavy (non-hydrogen) atoms. The summed E-state index contributed by atoms with van der Waals surface area (Å²) >= 11 is 3.36.